The summed E-state index contributed by atoms with van der Waals surface area (Å²) >= 11 is 3.39. The second-order valence-electron chi connectivity index (χ2n) is 17.8. The Balaban J connectivity index is 2.63. The first-order valence-corrected chi connectivity index (χ1v) is 24.6. The zero-order valence-corrected chi connectivity index (χ0v) is 42.3. The van der Waals surface area contributed by atoms with Crippen molar-refractivity contribution in [2.24, 2.45) is 0 Å². The van der Waals surface area contributed by atoms with Gasteiger partial charge in [0.15, 0.2) is 0 Å². The Morgan fingerprint density at radius 2 is 1.01 bits per heavy atom. The summed E-state index contributed by atoms with van der Waals surface area (Å²) in [5.41, 5.74) is 0.399. The number of ketones is 1. The van der Waals surface area contributed by atoms with Crippen molar-refractivity contribution in [3.05, 3.63) is 34.3 Å². The predicted molar refractivity (Wildman–Crippen MR) is 260 cm³/mol. The van der Waals surface area contributed by atoms with Gasteiger partial charge in [-0.1, -0.05) is 47.3 Å². The van der Waals surface area contributed by atoms with Crippen LogP contribution in [0.15, 0.2) is 28.7 Å². The van der Waals surface area contributed by atoms with Gasteiger partial charge in [-0.25, -0.2) is 24.0 Å². The number of aliphatic carboxylic acids is 4. The normalized spacial score (nSPS) is 12.7. The van der Waals surface area contributed by atoms with Gasteiger partial charge < -0.3 is 62.4 Å². The molecule has 0 unspecified atom stereocenters. The first kappa shape index (κ1) is 62.7. The molecule has 0 bridgehead atoms. The quantitative estimate of drug-likeness (QED) is 0.0334. The van der Waals surface area contributed by atoms with Crippen molar-refractivity contribution < 1.29 is 77.9 Å². The van der Waals surface area contributed by atoms with Crippen LogP contribution in [0, 0.1) is 0 Å². The zero-order chi connectivity index (χ0) is 53.4. The summed E-state index contributed by atoms with van der Waals surface area (Å²) in [5.74, 6) is -9.06. The number of urea groups is 1. The van der Waals surface area contributed by atoms with E-state index in [2.05, 4.69) is 47.8 Å². The molecule has 11 N–H and O–H groups in total. The number of rotatable bonds is 37. The van der Waals surface area contributed by atoms with Gasteiger partial charge in [0.1, 0.15) is 23.7 Å². The summed E-state index contributed by atoms with van der Waals surface area (Å²) in [6, 6.07) is 1.04. The Morgan fingerprint density at radius 3 is 1.56 bits per heavy atom. The highest BCUT2D eigenvalue weighted by Crippen LogP contribution is 2.14. The molecule has 24 heteroatoms. The van der Waals surface area contributed by atoms with E-state index >= 15 is 0 Å². The van der Waals surface area contributed by atoms with Crippen LogP contribution in [0.2, 0.25) is 0 Å². The zero-order valence-electron chi connectivity index (χ0n) is 40.7. The van der Waals surface area contributed by atoms with Crippen LogP contribution in [0.25, 0.3) is 0 Å². The third-order valence-corrected chi connectivity index (χ3v) is 11.1. The fourth-order valence-electron chi connectivity index (χ4n) is 6.77. The van der Waals surface area contributed by atoms with Crippen molar-refractivity contribution >= 4 is 81.3 Å². The molecule has 0 spiro atoms. The lowest BCUT2D eigenvalue weighted by molar-refractivity contribution is -0.150. The minimum absolute atomic E-state index is 0.0267. The Labute approximate surface area is 421 Å². The maximum absolute atomic E-state index is 13.6. The summed E-state index contributed by atoms with van der Waals surface area (Å²) in [4.78, 5) is 134. The summed E-state index contributed by atoms with van der Waals surface area (Å²) in [6.07, 6.45) is 4.06. The van der Waals surface area contributed by atoms with E-state index < -0.39 is 102 Å². The maximum atomic E-state index is 13.6. The second-order valence-corrected chi connectivity index (χ2v) is 18.8. The lowest BCUT2D eigenvalue weighted by Crippen LogP contribution is -2.52. The molecule has 0 aromatic heterocycles. The molecule has 0 fully saturated rings. The number of nitrogens with one attached hydrogen (secondary N) is 7. The molecule has 0 saturated carbocycles. The number of ether oxygens (including phenoxy) is 1. The number of unbranched alkanes of at least 4 members (excludes halogenated alkanes) is 6. The van der Waals surface area contributed by atoms with Crippen LogP contribution in [-0.4, -0.2) is 135 Å². The van der Waals surface area contributed by atoms with Crippen molar-refractivity contribution in [2.45, 2.75) is 173 Å². The van der Waals surface area contributed by atoms with Gasteiger partial charge in [-0.3, -0.25) is 28.8 Å². The number of carbonyl (C=O) groups excluding carboxylic acids is 7. The molecule has 71 heavy (non-hydrogen) atoms. The highest BCUT2D eigenvalue weighted by Gasteiger charge is 2.30. The smallest absolute Gasteiger partial charge is 0.407 e. The van der Waals surface area contributed by atoms with Gasteiger partial charge in [0.2, 0.25) is 23.6 Å². The van der Waals surface area contributed by atoms with Crippen LogP contribution in [0.3, 0.4) is 0 Å². The standard InChI is InChI=1S/C47H72BrN7O16/c1-47(2,3)71-46(70)51-29-12-9-16-33(41(62)53-32(40(61)44(67)68)15-8-11-28-49-36(56)18-13-14-30-19-21-31(48)22-20-30)52-38(58)17-7-5-4-6-10-27-50-37(57)25-23-34(42(63)64)54-45(69)55-35(43(65)66)24-26-39(59)60/h19-22,32-35H,4-18,23-29H2,1-3H3,(H,49,56)(H,50,57)(H,51,70)(H,52,58)(H,53,62)(H,59,60)(H,63,64)(H,65,66)(H,67,68)(H2,54,55,69)/t32-,33-,34-,35-/m0/s1. The van der Waals surface area contributed by atoms with Crippen LogP contribution in [-0.2, 0) is 54.3 Å². The Hall–Kier alpha value is -6.33. The highest BCUT2D eigenvalue weighted by atomic mass is 79.9. The molecule has 0 aliphatic heterocycles. The Kier molecular flexibility index (Phi) is 30.8. The van der Waals surface area contributed by atoms with Crippen molar-refractivity contribution in [3.63, 3.8) is 0 Å². The van der Waals surface area contributed by atoms with E-state index in [-0.39, 0.29) is 57.6 Å². The third kappa shape index (κ3) is 31.5. The Bertz CT molecular complexity index is 1930. The van der Waals surface area contributed by atoms with Gasteiger partial charge in [0, 0.05) is 49.8 Å². The second kappa shape index (κ2) is 34.9. The minimum atomic E-state index is -1.74. The number of hydrogen-bond acceptors (Lipinski definition) is 12. The van der Waals surface area contributed by atoms with Crippen LogP contribution >= 0.6 is 15.9 Å². The molecule has 0 aliphatic carbocycles. The van der Waals surface area contributed by atoms with Crippen LogP contribution in [0.1, 0.15) is 142 Å². The van der Waals surface area contributed by atoms with Crippen molar-refractivity contribution in [1.82, 2.24) is 37.2 Å². The molecule has 7 amide bonds. The van der Waals surface area contributed by atoms with E-state index in [0.717, 1.165) is 16.5 Å². The van der Waals surface area contributed by atoms with E-state index in [0.29, 0.717) is 70.6 Å². The lowest BCUT2D eigenvalue weighted by atomic mass is 10.0. The molecule has 1 rings (SSSR count). The number of aryl methyl sites for hydroxylation is 1. The number of halogens is 1. The molecule has 4 atom stereocenters. The summed E-state index contributed by atoms with van der Waals surface area (Å²) < 4.78 is 6.20. The third-order valence-electron chi connectivity index (χ3n) is 10.5. The van der Waals surface area contributed by atoms with E-state index in [1.807, 2.05) is 29.6 Å². The number of benzene rings is 1. The topological polar surface area (TPSA) is 362 Å². The van der Waals surface area contributed by atoms with Gasteiger partial charge >= 0.3 is 36.0 Å². The summed E-state index contributed by atoms with van der Waals surface area (Å²) in [7, 11) is 0. The minimum Gasteiger partial charge on any atom is -0.481 e. The van der Waals surface area contributed by atoms with E-state index in [9.17, 15) is 68.1 Å². The fraction of sp³-hybridized carbons (Fsp3) is 0.638. The molecule has 1 aromatic carbocycles. The van der Waals surface area contributed by atoms with Crippen molar-refractivity contribution in [2.75, 3.05) is 19.6 Å². The fourth-order valence-corrected chi connectivity index (χ4v) is 7.03. The van der Waals surface area contributed by atoms with Crippen LogP contribution < -0.4 is 37.2 Å². The van der Waals surface area contributed by atoms with Gasteiger partial charge in [-0.05, 0) is 116 Å². The molecule has 23 nitrogen and oxygen atoms in total. The number of Topliss-reactive ketones (excluding diaryl/α,β-unsaturated/α-hetero) is 1. The lowest BCUT2D eigenvalue weighted by Gasteiger charge is -2.22. The Morgan fingerprint density at radius 1 is 0.521 bits per heavy atom. The SMILES string of the molecule is CC(C)(C)OC(=O)NCCCC[C@H](NC(=O)CCCCCCCNC(=O)CC[C@H](NC(=O)N[C@@H](CCC(=O)O)C(=O)O)C(=O)O)C(=O)N[C@@H](CCCCNC(=O)CCCc1ccc(Br)cc1)C(=O)C(=O)O. The first-order chi connectivity index (χ1) is 33.5. The number of carbonyl (C=O) groups is 11. The van der Waals surface area contributed by atoms with Crippen LogP contribution in [0.5, 0.6) is 0 Å². The van der Waals surface area contributed by atoms with E-state index in [1.165, 1.54) is 0 Å². The molecular formula is C47H72BrN7O16. The van der Waals surface area contributed by atoms with E-state index in [4.69, 9.17) is 9.84 Å². The molecule has 398 valence electrons. The number of carboxylic acids is 4. The predicted octanol–water partition coefficient (Wildman–Crippen LogP) is 3.68. The average molecular weight is 1070 g/mol. The maximum Gasteiger partial charge on any atom is 0.407 e. The van der Waals surface area contributed by atoms with Gasteiger partial charge in [0.25, 0.3) is 5.78 Å². The van der Waals surface area contributed by atoms with Gasteiger partial charge in [-0.15, -0.1) is 0 Å². The van der Waals surface area contributed by atoms with Crippen molar-refractivity contribution in [3.8, 4) is 0 Å². The van der Waals surface area contributed by atoms with E-state index in [1.54, 1.807) is 20.8 Å². The number of carboxylic acid groups (broad SMARTS) is 4. The number of amides is 7. The van der Waals surface area contributed by atoms with Gasteiger partial charge in [-0.2, -0.15) is 0 Å². The molecule has 1 aromatic rings. The van der Waals surface area contributed by atoms with Crippen molar-refractivity contribution in [1.29, 1.82) is 0 Å². The number of alkyl carbamates (subject to hydrolysis) is 1. The largest absolute Gasteiger partial charge is 0.481 e. The molecule has 0 heterocycles. The molecule has 0 saturated heterocycles. The highest BCUT2D eigenvalue weighted by molar-refractivity contribution is 9.10. The summed E-state index contributed by atoms with van der Waals surface area (Å²) in [6.45, 7) is 5.91. The van der Waals surface area contributed by atoms with Gasteiger partial charge in [0.05, 0.1) is 6.04 Å². The molecular weight excluding hydrogens is 998 g/mol. The average Bonchev–Trinajstić information content (AvgIpc) is 3.28. The monoisotopic (exact) mass is 1070 g/mol. The van der Waals surface area contributed by atoms with Crippen LogP contribution in [0.4, 0.5) is 9.59 Å². The number of hydrogen-bond donors (Lipinski definition) is 11. The summed E-state index contributed by atoms with van der Waals surface area (Å²) in [5, 5.41) is 54.3. The first-order valence-electron chi connectivity index (χ1n) is 23.8. The molecule has 0 radical (unpaired) electrons. The molecule has 0 aliphatic rings.